The fourth-order valence-corrected chi connectivity index (χ4v) is 6.89. The number of allylic oxidation sites excluding steroid dienone is 6. The van der Waals surface area contributed by atoms with Crippen molar-refractivity contribution in [2.24, 2.45) is 34.5 Å². The fraction of sp³-hybridized carbons (Fsp3) is 0.679. The molecule has 0 amide bonds. The Balaban J connectivity index is 1.73. The highest BCUT2D eigenvalue weighted by Gasteiger charge is 2.59. The third-order valence-electron chi connectivity index (χ3n) is 9.53. The van der Waals surface area contributed by atoms with Crippen molar-refractivity contribution >= 4 is 5.78 Å². The van der Waals surface area contributed by atoms with Crippen LogP contribution in [0.2, 0.25) is 0 Å². The van der Waals surface area contributed by atoms with Gasteiger partial charge in [0, 0.05) is 17.8 Å². The molecule has 4 heteroatoms. The molecule has 0 saturated heterocycles. The summed E-state index contributed by atoms with van der Waals surface area (Å²) in [6.45, 7) is 12.2. The zero-order valence-electron chi connectivity index (χ0n) is 20.4. The number of carbonyl (C=O) groups excluding carboxylic acids is 1. The Kier molecular flexibility index (Phi) is 5.76. The predicted molar refractivity (Wildman–Crippen MR) is 127 cm³/mol. The molecule has 0 aromatic rings. The lowest BCUT2D eigenvalue weighted by Gasteiger charge is -2.53. The van der Waals surface area contributed by atoms with Gasteiger partial charge >= 0.3 is 0 Å². The molecule has 0 bridgehead atoms. The Morgan fingerprint density at radius 2 is 1.81 bits per heavy atom. The summed E-state index contributed by atoms with van der Waals surface area (Å²) in [7, 11) is 0. The SMILES string of the molecule is C[C@H](/C=C/[C@H](C)C(C)(C)O)[C@H]1C[C@H](O)C2=C3C=CC4=CC(=O)CC[C@]4(C)[C@H]3C[C@@H](O)[C@@]21C. The molecule has 0 spiro atoms. The number of ketones is 1. The minimum Gasteiger partial charge on any atom is -0.392 e. The Bertz CT molecular complexity index is 916. The molecule has 0 aliphatic heterocycles. The summed E-state index contributed by atoms with van der Waals surface area (Å²) in [5.41, 5.74) is 1.82. The summed E-state index contributed by atoms with van der Waals surface area (Å²) in [5.74, 6) is 0.602. The smallest absolute Gasteiger partial charge is 0.156 e. The minimum absolute atomic E-state index is 0.0167. The third-order valence-corrected chi connectivity index (χ3v) is 9.53. The van der Waals surface area contributed by atoms with Crippen LogP contribution in [0.25, 0.3) is 0 Å². The summed E-state index contributed by atoms with van der Waals surface area (Å²) >= 11 is 0. The van der Waals surface area contributed by atoms with Gasteiger partial charge in [0.2, 0.25) is 0 Å². The largest absolute Gasteiger partial charge is 0.392 e. The Morgan fingerprint density at radius 3 is 2.47 bits per heavy atom. The van der Waals surface area contributed by atoms with E-state index in [0.717, 1.165) is 17.6 Å². The van der Waals surface area contributed by atoms with Gasteiger partial charge in [0.25, 0.3) is 0 Å². The summed E-state index contributed by atoms with van der Waals surface area (Å²) in [6.07, 6.45) is 11.7. The maximum Gasteiger partial charge on any atom is 0.156 e. The second kappa shape index (κ2) is 7.78. The predicted octanol–water partition coefficient (Wildman–Crippen LogP) is 4.52. The van der Waals surface area contributed by atoms with Crippen LogP contribution in [-0.2, 0) is 4.79 Å². The van der Waals surface area contributed by atoms with Gasteiger partial charge in [-0.3, -0.25) is 4.79 Å². The number of aliphatic hydroxyl groups is 3. The highest BCUT2D eigenvalue weighted by molar-refractivity contribution is 5.92. The molecule has 0 unspecified atom stereocenters. The van der Waals surface area contributed by atoms with Crippen LogP contribution in [0.4, 0.5) is 0 Å². The van der Waals surface area contributed by atoms with Crippen LogP contribution in [-0.4, -0.2) is 38.9 Å². The molecule has 1 saturated carbocycles. The molecule has 32 heavy (non-hydrogen) atoms. The molecule has 176 valence electrons. The van der Waals surface area contributed by atoms with E-state index in [4.69, 9.17) is 0 Å². The second-order valence-electron chi connectivity index (χ2n) is 11.8. The van der Waals surface area contributed by atoms with Crippen molar-refractivity contribution in [3.63, 3.8) is 0 Å². The first kappa shape index (κ1) is 23.7. The van der Waals surface area contributed by atoms with Gasteiger partial charge in [0.05, 0.1) is 17.8 Å². The standard InChI is InChI=1S/C28H40O4/c1-16(7-8-17(2)26(3,4)32)21-14-23(30)25-20-10-9-18-13-19(29)11-12-27(18,5)22(20)15-24(31)28(21,25)6/h7-10,13,16-17,21-24,30-32H,11-12,14-15H2,1-6H3/b8-7+/t16-,17+,21-,22+,23+,24-,27+,28+/m1/s1. The number of hydrogen-bond donors (Lipinski definition) is 3. The van der Waals surface area contributed by atoms with Gasteiger partial charge in [0.15, 0.2) is 5.78 Å². The number of carbonyl (C=O) groups is 1. The van der Waals surface area contributed by atoms with E-state index in [1.807, 2.05) is 20.8 Å². The first-order valence-corrected chi connectivity index (χ1v) is 12.2. The van der Waals surface area contributed by atoms with Crippen molar-refractivity contribution in [2.75, 3.05) is 0 Å². The Morgan fingerprint density at radius 1 is 1.12 bits per heavy atom. The number of aliphatic hydroxyl groups excluding tert-OH is 2. The number of rotatable bonds is 4. The highest BCUT2D eigenvalue weighted by Crippen LogP contribution is 2.63. The molecular formula is C28H40O4. The van der Waals surface area contributed by atoms with Crippen molar-refractivity contribution in [2.45, 2.75) is 85.0 Å². The zero-order valence-corrected chi connectivity index (χ0v) is 20.4. The lowest BCUT2D eigenvalue weighted by Crippen LogP contribution is -2.49. The van der Waals surface area contributed by atoms with Crippen molar-refractivity contribution in [1.29, 1.82) is 0 Å². The van der Waals surface area contributed by atoms with E-state index in [-0.39, 0.29) is 34.9 Å². The zero-order chi connectivity index (χ0) is 23.6. The van der Waals surface area contributed by atoms with Gasteiger partial charge in [-0.05, 0) is 79.1 Å². The molecule has 0 aromatic carbocycles. The van der Waals surface area contributed by atoms with E-state index >= 15 is 0 Å². The monoisotopic (exact) mass is 440 g/mol. The van der Waals surface area contributed by atoms with Crippen LogP contribution >= 0.6 is 0 Å². The van der Waals surface area contributed by atoms with Crippen molar-refractivity contribution in [3.8, 4) is 0 Å². The molecule has 4 aliphatic rings. The molecule has 0 aromatic heterocycles. The van der Waals surface area contributed by atoms with E-state index in [0.29, 0.717) is 19.3 Å². The summed E-state index contributed by atoms with van der Waals surface area (Å²) in [5, 5.41) is 33.1. The van der Waals surface area contributed by atoms with Crippen LogP contribution in [0.5, 0.6) is 0 Å². The topological polar surface area (TPSA) is 77.8 Å². The van der Waals surface area contributed by atoms with Crippen LogP contribution in [0.15, 0.2) is 47.1 Å². The quantitative estimate of drug-likeness (QED) is 0.562. The van der Waals surface area contributed by atoms with Gasteiger partial charge in [-0.25, -0.2) is 0 Å². The van der Waals surface area contributed by atoms with Crippen molar-refractivity contribution in [3.05, 3.63) is 47.1 Å². The third kappa shape index (κ3) is 3.50. The molecule has 3 N–H and O–H groups in total. The van der Waals surface area contributed by atoms with Gasteiger partial charge in [-0.15, -0.1) is 0 Å². The normalized spacial score (nSPS) is 41.3. The van der Waals surface area contributed by atoms with Crippen molar-refractivity contribution in [1.82, 2.24) is 0 Å². The average Bonchev–Trinajstić information content (AvgIpc) is 2.99. The van der Waals surface area contributed by atoms with Crippen LogP contribution in [0.3, 0.4) is 0 Å². The van der Waals surface area contributed by atoms with E-state index in [2.05, 4.69) is 45.1 Å². The summed E-state index contributed by atoms with van der Waals surface area (Å²) < 4.78 is 0. The Labute approximate surface area is 192 Å². The van der Waals surface area contributed by atoms with E-state index < -0.39 is 23.2 Å². The van der Waals surface area contributed by atoms with E-state index in [9.17, 15) is 20.1 Å². The van der Waals surface area contributed by atoms with Gasteiger partial charge in [-0.1, -0.05) is 52.0 Å². The summed E-state index contributed by atoms with van der Waals surface area (Å²) in [4.78, 5) is 12.0. The first-order valence-electron chi connectivity index (χ1n) is 12.2. The van der Waals surface area contributed by atoms with Crippen LogP contribution in [0, 0.1) is 34.5 Å². The minimum atomic E-state index is -0.783. The number of fused-ring (bicyclic) bond motifs is 4. The lowest BCUT2D eigenvalue weighted by molar-refractivity contribution is -0.116. The van der Waals surface area contributed by atoms with Crippen LogP contribution in [0.1, 0.15) is 67.2 Å². The molecular weight excluding hydrogens is 400 g/mol. The van der Waals surface area contributed by atoms with Crippen molar-refractivity contribution < 1.29 is 20.1 Å². The molecule has 1 fully saturated rings. The maximum absolute atomic E-state index is 12.0. The molecule has 8 atom stereocenters. The summed E-state index contributed by atoms with van der Waals surface area (Å²) in [6, 6.07) is 0. The van der Waals surface area contributed by atoms with E-state index in [1.54, 1.807) is 6.08 Å². The average molecular weight is 441 g/mol. The van der Waals surface area contributed by atoms with Gasteiger partial charge in [-0.2, -0.15) is 0 Å². The Hall–Kier alpha value is -1.49. The van der Waals surface area contributed by atoms with Crippen LogP contribution < -0.4 is 0 Å². The molecule has 4 aliphatic carbocycles. The molecule has 0 heterocycles. The molecule has 0 radical (unpaired) electrons. The molecule has 4 nitrogen and oxygen atoms in total. The lowest BCUT2D eigenvalue weighted by atomic mass is 9.52. The molecule has 4 rings (SSSR count). The number of hydrogen-bond acceptors (Lipinski definition) is 4. The maximum atomic E-state index is 12.0. The fourth-order valence-electron chi connectivity index (χ4n) is 6.89. The van der Waals surface area contributed by atoms with E-state index in [1.165, 1.54) is 5.57 Å². The highest BCUT2D eigenvalue weighted by atomic mass is 16.3. The second-order valence-corrected chi connectivity index (χ2v) is 11.8. The first-order chi connectivity index (χ1) is 14.8. The van der Waals surface area contributed by atoms with Gasteiger partial charge in [0.1, 0.15) is 0 Å². The van der Waals surface area contributed by atoms with Gasteiger partial charge < -0.3 is 15.3 Å².